The van der Waals surface area contributed by atoms with Crippen molar-refractivity contribution in [3.05, 3.63) is 89.5 Å². The van der Waals surface area contributed by atoms with Crippen LogP contribution in [0, 0.1) is 12.8 Å². The number of likely N-dealkylation sites (tertiary alicyclic amines) is 1. The van der Waals surface area contributed by atoms with Gasteiger partial charge >= 0.3 is 18.2 Å². The van der Waals surface area contributed by atoms with Gasteiger partial charge in [-0.15, -0.1) is 0 Å². The van der Waals surface area contributed by atoms with Crippen molar-refractivity contribution < 1.29 is 42.9 Å². The summed E-state index contributed by atoms with van der Waals surface area (Å²) < 4.78 is 22.5. The van der Waals surface area contributed by atoms with E-state index in [1.54, 1.807) is 56.1 Å². The van der Waals surface area contributed by atoms with Gasteiger partial charge in [-0.2, -0.15) is 0 Å². The molecule has 15 heteroatoms. The second-order valence-electron chi connectivity index (χ2n) is 16.7. The van der Waals surface area contributed by atoms with E-state index in [4.69, 9.17) is 18.9 Å². The van der Waals surface area contributed by atoms with Crippen LogP contribution in [0.2, 0.25) is 0 Å². The first-order valence-corrected chi connectivity index (χ1v) is 20.2. The molecule has 1 fully saturated rings. The highest BCUT2D eigenvalue weighted by atomic mass is 16.6. The second-order valence-corrected chi connectivity index (χ2v) is 16.7. The Bertz CT molecular complexity index is 1850. The van der Waals surface area contributed by atoms with Crippen LogP contribution >= 0.6 is 0 Å². The fourth-order valence-electron chi connectivity index (χ4n) is 6.33. The molecule has 4 amide bonds. The maximum absolute atomic E-state index is 13.8. The number of hydrogen-bond donors (Lipinski definition) is 3. The zero-order valence-corrected chi connectivity index (χ0v) is 35.4. The average Bonchev–Trinajstić information content (AvgIpc) is 3.18. The monoisotopic (exact) mass is 816 g/mol. The van der Waals surface area contributed by atoms with E-state index in [0.717, 1.165) is 36.0 Å². The Balaban J connectivity index is 1.40. The van der Waals surface area contributed by atoms with Crippen LogP contribution in [0.15, 0.2) is 67.1 Å². The van der Waals surface area contributed by atoms with Crippen LogP contribution in [0.4, 0.5) is 9.59 Å². The Kier molecular flexibility index (Phi) is 17.0. The lowest BCUT2D eigenvalue weighted by Crippen LogP contribution is -2.54. The first-order valence-electron chi connectivity index (χ1n) is 20.2. The van der Waals surface area contributed by atoms with Crippen molar-refractivity contribution in [1.82, 2.24) is 30.8 Å². The molecule has 3 unspecified atom stereocenters. The predicted molar refractivity (Wildman–Crippen MR) is 220 cm³/mol. The van der Waals surface area contributed by atoms with E-state index in [0.29, 0.717) is 37.6 Å². The van der Waals surface area contributed by atoms with Crippen molar-refractivity contribution in [2.45, 2.75) is 123 Å². The third kappa shape index (κ3) is 17.0. The molecule has 3 aromatic rings. The quantitative estimate of drug-likeness (QED) is 0.108. The zero-order chi connectivity index (χ0) is 43.0. The highest BCUT2D eigenvalue weighted by Crippen LogP contribution is 2.24. The Morgan fingerprint density at radius 3 is 2.34 bits per heavy atom. The summed E-state index contributed by atoms with van der Waals surface area (Å²) in [6.07, 6.45) is 6.05. The Morgan fingerprint density at radius 2 is 1.64 bits per heavy atom. The summed E-state index contributed by atoms with van der Waals surface area (Å²) in [5.74, 6) is -1.05. The van der Waals surface area contributed by atoms with E-state index in [9.17, 15) is 24.0 Å². The smallest absolute Gasteiger partial charge is 0.410 e. The van der Waals surface area contributed by atoms with Gasteiger partial charge in [0.05, 0.1) is 18.7 Å². The third-order valence-corrected chi connectivity index (χ3v) is 9.29. The third-order valence-electron chi connectivity index (χ3n) is 9.29. The molecule has 2 heterocycles. The van der Waals surface area contributed by atoms with Crippen LogP contribution in [-0.2, 0) is 48.2 Å². The molecule has 1 aliphatic rings. The lowest BCUT2D eigenvalue weighted by molar-refractivity contribution is -0.156. The Labute approximate surface area is 347 Å². The van der Waals surface area contributed by atoms with Gasteiger partial charge in [0.25, 0.3) is 0 Å². The summed E-state index contributed by atoms with van der Waals surface area (Å²) in [6, 6.07) is 12.2. The van der Waals surface area contributed by atoms with E-state index in [1.807, 2.05) is 52.0 Å². The van der Waals surface area contributed by atoms with Gasteiger partial charge in [-0.05, 0) is 115 Å². The van der Waals surface area contributed by atoms with Crippen molar-refractivity contribution in [3.8, 4) is 5.75 Å². The molecular weight excluding hydrogens is 757 g/mol. The summed E-state index contributed by atoms with van der Waals surface area (Å²) in [4.78, 5) is 76.2. The minimum atomic E-state index is -1.41. The number of alkyl carbamates (subject to hydrolysis) is 1. The molecule has 0 radical (unpaired) electrons. The fourth-order valence-corrected chi connectivity index (χ4v) is 6.33. The predicted octanol–water partition coefficient (Wildman–Crippen LogP) is 5.96. The minimum Gasteiger partial charge on any atom is -0.494 e. The van der Waals surface area contributed by atoms with Gasteiger partial charge in [0, 0.05) is 38.2 Å². The Hall–Kier alpha value is -5.73. The number of benzene rings is 2. The summed E-state index contributed by atoms with van der Waals surface area (Å²) in [5, 5.41) is 8.16. The standard InChI is InChI=1S/C44H60N6O9/c1-30-15-17-35(56-23-19-31-14-11-22-50(28-31)42(55)59-44(5,6)7)24-33(30)26-47-39(52)36(18-16-34-27-45-20-21-46-34)48-40(53)37(25-38(51)58-43(2,3)4)49-41(54)57-29-32-12-9-8-10-13-32/h8-10,12-13,15,17,20-21,24,27,31,36-37H,11,14,16,18-19,22-23,25-26,28-29H2,1-7H3,(H,47,52)(H,48,53)(H,49,54). The molecule has 3 N–H and O–H groups in total. The molecule has 1 aliphatic heterocycles. The normalized spacial score (nSPS) is 15.2. The summed E-state index contributed by atoms with van der Waals surface area (Å²) in [6.45, 7) is 14.4. The second kappa shape index (κ2) is 21.9. The molecule has 0 bridgehead atoms. The maximum atomic E-state index is 13.8. The molecule has 3 atom stereocenters. The van der Waals surface area contributed by atoms with Crippen molar-refractivity contribution in [2.24, 2.45) is 5.92 Å². The largest absolute Gasteiger partial charge is 0.494 e. The number of aromatic nitrogens is 2. The Morgan fingerprint density at radius 1 is 0.898 bits per heavy atom. The van der Waals surface area contributed by atoms with E-state index < -0.39 is 53.6 Å². The van der Waals surface area contributed by atoms with Crippen LogP contribution in [0.1, 0.15) is 96.0 Å². The lowest BCUT2D eigenvalue weighted by atomic mass is 9.95. The molecular formula is C44H60N6O9. The van der Waals surface area contributed by atoms with E-state index in [2.05, 4.69) is 25.9 Å². The number of amides is 4. The van der Waals surface area contributed by atoms with Crippen LogP contribution in [-0.4, -0.2) is 87.8 Å². The first-order chi connectivity index (χ1) is 27.9. The van der Waals surface area contributed by atoms with Crippen molar-refractivity contribution >= 4 is 30.0 Å². The topological polar surface area (TPSA) is 187 Å². The number of aryl methyl sites for hydroxylation is 2. The number of nitrogens with zero attached hydrogens (tertiary/aromatic N) is 3. The zero-order valence-electron chi connectivity index (χ0n) is 35.4. The summed E-state index contributed by atoms with van der Waals surface area (Å²) >= 11 is 0. The van der Waals surface area contributed by atoms with Gasteiger partial charge in [-0.1, -0.05) is 36.4 Å². The molecule has 15 nitrogen and oxygen atoms in total. The van der Waals surface area contributed by atoms with Gasteiger partial charge in [0.15, 0.2) is 0 Å². The van der Waals surface area contributed by atoms with Crippen molar-refractivity contribution in [1.29, 1.82) is 0 Å². The molecule has 4 rings (SSSR count). The summed E-state index contributed by atoms with van der Waals surface area (Å²) in [7, 11) is 0. The van der Waals surface area contributed by atoms with Crippen LogP contribution in [0.25, 0.3) is 0 Å². The number of rotatable bonds is 17. The van der Waals surface area contributed by atoms with Crippen LogP contribution in [0.3, 0.4) is 0 Å². The molecule has 1 saturated heterocycles. The number of carbonyl (C=O) groups excluding carboxylic acids is 5. The fraction of sp³-hybridized carbons (Fsp3) is 0.523. The van der Waals surface area contributed by atoms with E-state index in [1.165, 1.54) is 12.4 Å². The number of ether oxygens (including phenoxy) is 4. The number of esters is 1. The number of nitrogens with one attached hydrogen (secondary N) is 3. The van der Waals surface area contributed by atoms with Crippen molar-refractivity contribution in [3.63, 3.8) is 0 Å². The van der Waals surface area contributed by atoms with Gasteiger partial charge in [0.2, 0.25) is 11.8 Å². The van der Waals surface area contributed by atoms with E-state index >= 15 is 0 Å². The van der Waals surface area contributed by atoms with Gasteiger partial charge in [-0.3, -0.25) is 24.4 Å². The molecule has 59 heavy (non-hydrogen) atoms. The van der Waals surface area contributed by atoms with E-state index in [-0.39, 0.29) is 31.6 Å². The van der Waals surface area contributed by atoms with Crippen LogP contribution < -0.4 is 20.7 Å². The SMILES string of the molecule is Cc1ccc(OCCC2CCCN(C(=O)OC(C)(C)C)C2)cc1CNC(=O)C(CCc1cnccn1)NC(=O)C(CC(=O)OC(C)(C)C)NC(=O)OCc1ccccc1. The molecule has 0 saturated carbocycles. The first kappa shape index (κ1) is 46.0. The van der Waals surface area contributed by atoms with Crippen molar-refractivity contribution in [2.75, 3.05) is 19.7 Å². The average molecular weight is 817 g/mol. The van der Waals surface area contributed by atoms with Crippen LogP contribution in [0.5, 0.6) is 5.75 Å². The number of hydrogen-bond acceptors (Lipinski definition) is 11. The highest BCUT2D eigenvalue weighted by Gasteiger charge is 2.31. The molecule has 320 valence electrons. The highest BCUT2D eigenvalue weighted by molar-refractivity contribution is 5.93. The van der Waals surface area contributed by atoms with Gasteiger partial charge in [0.1, 0.15) is 35.6 Å². The molecule has 0 spiro atoms. The molecule has 2 aromatic carbocycles. The maximum Gasteiger partial charge on any atom is 0.410 e. The van der Waals surface area contributed by atoms with Gasteiger partial charge in [-0.25, -0.2) is 9.59 Å². The lowest BCUT2D eigenvalue weighted by Gasteiger charge is -2.34. The van der Waals surface area contributed by atoms with Gasteiger partial charge < -0.3 is 39.8 Å². The number of carbonyl (C=O) groups is 5. The molecule has 0 aliphatic carbocycles. The number of piperidine rings is 1. The summed E-state index contributed by atoms with van der Waals surface area (Å²) in [5.41, 5.74) is 1.69. The minimum absolute atomic E-state index is 0.0582. The molecule has 1 aromatic heterocycles.